The second-order valence-electron chi connectivity index (χ2n) is 2.13. The molecule has 1 heteroatoms. The summed E-state index contributed by atoms with van der Waals surface area (Å²) in [6.07, 6.45) is 5.55. The third-order valence-electron chi connectivity index (χ3n) is 1.51. The Morgan fingerprint density at radius 3 is 2.11 bits per heavy atom. The highest BCUT2D eigenvalue weighted by molar-refractivity contribution is 4.93. The van der Waals surface area contributed by atoms with Crippen molar-refractivity contribution in [1.29, 1.82) is 0 Å². The van der Waals surface area contributed by atoms with E-state index in [0.717, 1.165) is 6.04 Å². The van der Waals surface area contributed by atoms with Gasteiger partial charge in [0.25, 0.3) is 0 Å². The Balaban J connectivity index is 0.000000291. The molecule has 0 saturated heterocycles. The molecular weight excluding hydrogens is 110 g/mol. The average Bonchev–Trinajstić information content (AvgIpc) is 2.23. The molecule has 0 bridgehead atoms. The fourth-order valence-electron chi connectivity index (χ4n) is 0.737. The van der Waals surface area contributed by atoms with E-state index in [1.807, 2.05) is 13.8 Å². The van der Waals surface area contributed by atoms with Gasteiger partial charge in [0.1, 0.15) is 0 Å². The lowest BCUT2D eigenvalue weighted by atomic mass is 10.3. The number of rotatable bonds is 0. The van der Waals surface area contributed by atoms with Gasteiger partial charge in [-0.25, -0.2) is 0 Å². The van der Waals surface area contributed by atoms with Crippen LogP contribution in [-0.2, 0) is 0 Å². The maximum absolute atomic E-state index is 2.22. The topological polar surface area (TPSA) is 3.24 Å². The van der Waals surface area contributed by atoms with Crippen molar-refractivity contribution in [2.24, 2.45) is 0 Å². The molecule has 0 spiro atoms. The van der Waals surface area contributed by atoms with Gasteiger partial charge in [-0.3, -0.25) is 0 Å². The van der Waals surface area contributed by atoms with Gasteiger partial charge in [0, 0.05) is 13.1 Å². The summed E-state index contributed by atoms with van der Waals surface area (Å²) < 4.78 is 0. The van der Waals surface area contributed by atoms with Gasteiger partial charge in [0.2, 0.25) is 0 Å². The van der Waals surface area contributed by atoms with E-state index in [1.165, 1.54) is 6.42 Å². The first-order chi connectivity index (χ1) is 4.30. The lowest BCUT2D eigenvalue weighted by molar-refractivity contribution is 0.383. The van der Waals surface area contributed by atoms with E-state index >= 15 is 0 Å². The first kappa shape index (κ1) is 8.54. The first-order valence-electron chi connectivity index (χ1n) is 3.69. The lowest BCUT2D eigenvalue weighted by Gasteiger charge is -2.14. The highest BCUT2D eigenvalue weighted by Crippen LogP contribution is 2.08. The van der Waals surface area contributed by atoms with E-state index in [4.69, 9.17) is 0 Å². The van der Waals surface area contributed by atoms with Crippen molar-refractivity contribution >= 4 is 0 Å². The van der Waals surface area contributed by atoms with Crippen molar-refractivity contribution in [2.45, 2.75) is 33.2 Å². The monoisotopic (exact) mass is 127 g/mol. The van der Waals surface area contributed by atoms with E-state index in [1.54, 1.807) is 0 Å². The summed E-state index contributed by atoms with van der Waals surface area (Å²) in [5, 5.41) is 0. The van der Waals surface area contributed by atoms with Crippen LogP contribution in [0.15, 0.2) is 12.3 Å². The lowest BCUT2D eigenvalue weighted by Crippen LogP contribution is -2.17. The molecule has 0 aromatic rings. The molecular formula is C8H17N. The Labute approximate surface area is 58.4 Å². The normalized spacial score (nSPS) is 23.6. The largest absolute Gasteiger partial charge is 0.378 e. The van der Waals surface area contributed by atoms with E-state index in [9.17, 15) is 0 Å². The molecule has 0 unspecified atom stereocenters. The molecule has 1 nitrogen and oxygen atoms in total. The van der Waals surface area contributed by atoms with Gasteiger partial charge < -0.3 is 4.90 Å². The van der Waals surface area contributed by atoms with Gasteiger partial charge in [0.05, 0.1) is 0 Å². The molecule has 54 valence electrons. The molecule has 1 rings (SSSR count). The van der Waals surface area contributed by atoms with E-state index in [2.05, 4.69) is 31.1 Å². The van der Waals surface area contributed by atoms with Gasteiger partial charge in [0.15, 0.2) is 0 Å². The summed E-state index contributed by atoms with van der Waals surface area (Å²) in [5.74, 6) is 0. The van der Waals surface area contributed by atoms with Crippen LogP contribution in [-0.4, -0.2) is 18.0 Å². The van der Waals surface area contributed by atoms with Gasteiger partial charge in [-0.05, 0) is 19.5 Å². The molecule has 1 aliphatic heterocycles. The van der Waals surface area contributed by atoms with E-state index < -0.39 is 0 Å². The summed E-state index contributed by atoms with van der Waals surface area (Å²) in [7, 11) is 2.11. The molecule has 1 heterocycles. The summed E-state index contributed by atoms with van der Waals surface area (Å²) in [4.78, 5) is 2.22. The Kier molecular flexibility index (Phi) is 4.20. The van der Waals surface area contributed by atoms with Crippen LogP contribution >= 0.6 is 0 Å². The van der Waals surface area contributed by atoms with Crippen molar-refractivity contribution in [3.8, 4) is 0 Å². The third-order valence-corrected chi connectivity index (χ3v) is 1.51. The van der Waals surface area contributed by atoms with Gasteiger partial charge in [-0.1, -0.05) is 19.9 Å². The highest BCUT2D eigenvalue weighted by atomic mass is 15.1. The van der Waals surface area contributed by atoms with Crippen molar-refractivity contribution in [3.63, 3.8) is 0 Å². The summed E-state index contributed by atoms with van der Waals surface area (Å²) in [5.41, 5.74) is 0. The summed E-state index contributed by atoms with van der Waals surface area (Å²) in [6, 6.07) is 0.736. The van der Waals surface area contributed by atoms with Crippen LogP contribution in [0.3, 0.4) is 0 Å². The Hall–Kier alpha value is -0.460. The number of hydrogen-bond donors (Lipinski definition) is 0. The maximum atomic E-state index is 2.22. The molecule has 0 radical (unpaired) electrons. The van der Waals surface area contributed by atoms with Crippen molar-refractivity contribution in [2.75, 3.05) is 7.05 Å². The van der Waals surface area contributed by atoms with Crippen molar-refractivity contribution in [1.82, 2.24) is 4.90 Å². The summed E-state index contributed by atoms with van der Waals surface area (Å²) >= 11 is 0. The van der Waals surface area contributed by atoms with E-state index in [0.29, 0.717) is 0 Å². The number of nitrogens with zero attached hydrogens (tertiary/aromatic N) is 1. The molecule has 0 saturated carbocycles. The highest BCUT2D eigenvalue weighted by Gasteiger charge is 2.06. The summed E-state index contributed by atoms with van der Waals surface area (Å²) in [6.45, 7) is 6.22. The molecule has 0 aliphatic carbocycles. The molecule has 0 fully saturated rings. The molecule has 1 atom stereocenters. The van der Waals surface area contributed by atoms with Gasteiger partial charge in [-0.2, -0.15) is 0 Å². The zero-order valence-corrected chi connectivity index (χ0v) is 6.89. The molecule has 0 aromatic carbocycles. The van der Waals surface area contributed by atoms with Crippen LogP contribution < -0.4 is 0 Å². The quantitative estimate of drug-likeness (QED) is 0.482. The third kappa shape index (κ3) is 2.54. The fraction of sp³-hybridized carbons (Fsp3) is 0.750. The molecule has 0 aromatic heterocycles. The maximum Gasteiger partial charge on any atom is 0.0287 e. The minimum atomic E-state index is 0.736. The van der Waals surface area contributed by atoms with Crippen LogP contribution in [0.4, 0.5) is 0 Å². The van der Waals surface area contributed by atoms with Crippen molar-refractivity contribution < 1.29 is 0 Å². The minimum Gasteiger partial charge on any atom is -0.378 e. The van der Waals surface area contributed by atoms with E-state index in [-0.39, 0.29) is 0 Å². The standard InChI is InChI=1S/C6H11N.C2H6/c1-6-4-3-5-7(6)2;1-2/h3,5-6H,4H2,1-2H3;1-2H3/t6-;/m0./s1. The predicted molar refractivity (Wildman–Crippen MR) is 42.3 cm³/mol. The van der Waals surface area contributed by atoms with Crippen LogP contribution in [0.5, 0.6) is 0 Å². The molecule has 1 aliphatic rings. The Bertz CT molecular complexity index is 86.6. The number of hydrogen-bond acceptors (Lipinski definition) is 1. The van der Waals surface area contributed by atoms with Crippen LogP contribution in [0.25, 0.3) is 0 Å². The van der Waals surface area contributed by atoms with Crippen LogP contribution in [0.1, 0.15) is 27.2 Å². The first-order valence-corrected chi connectivity index (χ1v) is 3.69. The average molecular weight is 127 g/mol. The smallest absolute Gasteiger partial charge is 0.0287 e. The van der Waals surface area contributed by atoms with Crippen LogP contribution in [0.2, 0.25) is 0 Å². The van der Waals surface area contributed by atoms with Gasteiger partial charge in [-0.15, -0.1) is 0 Å². The molecule has 0 amide bonds. The minimum absolute atomic E-state index is 0.736. The fourth-order valence-corrected chi connectivity index (χ4v) is 0.737. The van der Waals surface area contributed by atoms with Crippen molar-refractivity contribution in [3.05, 3.63) is 12.3 Å². The zero-order valence-electron chi connectivity index (χ0n) is 6.89. The SMILES string of the molecule is CC.C[C@H]1CC=CN1C. The molecule has 9 heavy (non-hydrogen) atoms. The van der Waals surface area contributed by atoms with Gasteiger partial charge >= 0.3 is 0 Å². The molecule has 0 N–H and O–H groups in total. The Morgan fingerprint density at radius 1 is 1.44 bits per heavy atom. The zero-order chi connectivity index (χ0) is 7.28. The second-order valence-corrected chi connectivity index (χ2v) is 2.13. The van der Waals surface area contributed by atoms with Crippen LogP contribution in [0, 0.1) is 0 Å². The second kappa shape index (κ2) is 4.42. The predicted octanol–water partition coefficient (Wildman–Crippen LogP) is 2.25. The Morgan fingerprint density at radius 2 is 2.00 bits per heavy atom.